The molecule has 0 saturated heterocycles. The second kappa shape index (κ2) is 5.92. The molecular weight excluding hydrogens is 254 g/mol. The minimum absolute atomic E-state index is 0.427. The van der Waals surface area contributed by atoms with E-state index < -0.39 is 12.0 Å². The van der Waals surface area contributed by atoms with Crippen LogP contribution in [0.3, 0.4) is 0 Å². The zero-order chi connectivity index (χ0) is 14.7. The van der Waals surface area contributed by atoms with Crippen molar-refractivity contribution in [3.8, 4) is 5.75 Å². The van der Waals surface area contributed by atoms with Crippen LogP contribution in [0.5, 0.6) is 5.75 Å². The van der Waals surface area contributed by atoms with Gasteiger partial charge in [-0.3, -0.25) is 4.79 Å². The van der Waals surface area contributed by atoms with Gasteiger partial charge < -0.3 is 15.6 Å². The van der Waals surface area contributed by atoms with Crippen LogP contribution in [0.4, 0.5) is 0 Å². The largest absolute Gasteiger partial charge is 0.459 e. The number of aliphatic hydroxyl groups excluding tert-OH is 1. The second-order valence-corrected chi connectivity index (χ2v) is 5.13. The van der Waals surface area contributed by atoms with Crippen molar-refractivity contribution in [1.82, 2.24) is 0 Å². The molecule has 0 fully saturated rings. The number of ether oxygens (including phenoxy) is 1. The molecule has 1 aromatic carbocycles. The molecule has 0 spiro atoms. The molecule has 1 heterocycles. The van der Waals surface area contributed by atoms with Crippen LogP contribution in [0.2, 0.25) is 0 Å². The Labute approximate surface area is 118 Å². The van der Waals surface area contributed by atoms with E-state index in [1.54, 1.807) is 18.2 Å². The molecule has 1 aromatic rings. The summed E-state index contributed by atoms with van der Waals surface area (Å²) in [5.41, 5.74) is 7.69. The van der Waals surface area contributed by atoms with Crippen molar-refractivity contribution in [1.29, 1.82) is 0 Å². The van der Waals surface area contributed by atoms with Gasteiger partial charge in [0.15, 0.2) is 0 Å². The summed E-state index contributed by atoms with van der Waals surface area (Å²) in [5.74, 6) is 0.748. The Morgan fingerprint density at radius 1 is 1.50 bits per heavy atom. The standard InChI is InChI=1S/C16H19NO3/c1-10(2)4-3-5-15-13(18)9-12-8-11(16(17)19)6-7-14(12)20-15/h4-8,13,18H,3,9H2,1-2H3,(H2,17,19)/b15-5+/t13-/m0/s1. The Balaban J connectivity index is 2.21. The molecule has 1 atom stereocenters. The lowest BCUT2D eigenvalue weighted by Crippen LogP contribution is -2.24. The van der Waals surface area contributed by atoms with E-state index >= 15 is 0 Å². The number of primary amides is 1. The molecule has 106 valence electrons. The van der Waals surface area contributed by atoms with Crippen LogP contribution in [-0.4, -0.2) is 17.1 Å². The number of hydrogen-bond acceptors (Lipinski definition) is 3. The van der Waals surface area contributed by atoms with E-state index in [0.717, 1.165) is 12.0 Å². The first-order chi connectivity index (χ1) is 9.47. The number of benzene rings is 1. The number of allylic oxidation sites excluding steroid dienone is 3. The number of rotatable bonds is 3. The first kappa shape index (κ1) is 14.3. The molecule has 0 aromatic heterocycles. The Bertz CT molecular complexity index is 583. The summed E-state index contributed by atoms with van der Waals surface area (Å²) in [5, 5.41) is 10.1. The van der Waals surface area contributed by atoms with Crippen molar-refractivity contribution in [2.75, 3.05) is 0 Å². The Morgan fingerprint density at radius 2 is 2.25 bits per heavy atom. The molecule has 0 unspecified atom stereocenters. The van der Waals surface area contributed by atoms with Crippen LogP contribution in [-0.2, 0) is 6.42 Å². The van der Waals surface area contributed by atoms with Crippen LogP contribution in [0.25, 0.3) is 0 Å². The van der Waals surface area contributed by atoms with Crippen molar-refractivity contribution in [2.45, 2.75) is 32.8 Å². The smallest absolute Gasteiger partial charge is 0.248 e. The molecule has 0 radical (unpaired) electrons. The van der Waals surface area contributed by atoms with Crippen LogP contribution in [0.15, 0.2) is 41.7 Å². The summed E-state index contributed by atoms with van der Waals surface area (Å²) in [6.07, 6.45) is 4.41. The van der Waals surface area contributed by atoms with Crippen LogP contribution < -0.4 is 10.5 Å². The highest BCUT2D eigenvalue weighted by Gasteiger charge is 2.23. The summed E-state index contributed by atoms with van der Waals surface area (Å²) in [6, 6.07) is 5.02. The van der Waals surface area contributed by atoms with Gasteiger partial charge >= 0.3 is 0 Å². The Kier molecular flexibility index (Phi) is 4.25. The molecule has 0 saturated carbocycles. The quantitative estimate of drug-likeness (QED) is 0.830. The summed E-state index contributed by atoms with van der Waals surface area (Å²) in [6.45, 7) is 4.05. The van der Waals surface area contributed by atoms with E-state index in [0.29, 0.717) is 23.5 Å². The topological polar surface area (TPSA) is 72.5 Å². The lowest BCUT2D eigenvalue weighted by Gasteiger charge is -2.24. The van der Waals surface area contributed by atoms with Gasteiger partial charge in [-0.1, -0.05) is 11.6 Å². The number of nitrogens with two attached hydrogens (primary N) is 1. The normalized spacial score (nSPS) is 19.1. The highest BCUT2D eigenvalue weighted by atomic mass is 16.5. The van der Waals surface area contributed by atoms with E-state index in [2.05, 4.69) is 6.08 Å². The van der Waals surface area contributed by atoms with Gasteiger partial charge in [0.05, 0.1) is 0 Å². The summed E-state index contributed by atoms with van der Waals surface area (Å²) >= 11 is 0. The number of hydrogen-bond donors (Lipinski definition) is 2. The molecule has 4 nitrogen and oxygen atoms in total. The average molecular weight is 273 g/mol. The molecule has 1 aliphatic rings. The van der Waals surface area contributed by atoms with E-state index in [1.165, 1.54) is 5.57 Å². The first-order valence-electron chi connectivity index (χ1n) is 6.59. The highest BCUT2D eigenvalue weighted by Crippen LogP contribution is 2.30. The maximum absolute atomic E-state index is 11.1. The number of carbonyl (C=O) groups is 1. The highest BCUT2D eigenvalue weighted by molar-refractivity contribution is 5.93. The molecule has 4 heteroatoms. The first-order valence-corrected chi connectivity index (χ1v) is 6.59. The van der Waals surface area contributed by atoms with Gasteiger partial charge in [0.2, 0.25) is 5.91 Å². The molecule has 2 rings (SSSR count). The van der Waals surface area contributed by atoms with E-state index in [1.807, 2.05) is 19.9 Å². The lowest BCUT2D eigenvalue weighted by atomic mass is 9.99. The fraction of sp³-hybridized carbons (Fsp3) is 0.312. The van der Waals surface area contributed by atoms with Crippen LogP contribution in [0.1, 0.15) is 36.2 Å². The second-order valence-electron chi connectivity index (χ2n) is 5.13. The van der Waals surface area contributed by atoms with Gasteiger partial charge in [-0.25, -0.2) is 0 Å². The van der Waals surface area contributed by atoms with Crippen LogP contribution in [0, 0.1) is 0 Å². The average Bonchev–Trinajstić information content (AvgIpc) is 2.38. The Morgan fingerprint density at radius 3 is 2.90 bits per heavy atom. The van der Waals surface area contributed by atoms with Gasteiger partial charge in [-0.15, -0.1) is 0 Å². The molecule has 20 heavy (non-hydrogen) atoms. The van der Waals surface area contributed by atoms with E-state index in [9.17, 15) is 9.90 Å². The van der Waals surface area contributed by atoms with Crippen molar-refractivity contribution >= 4 is 5.91 Å². The number of carbonyl (C=O) groups excluding carboxylic acids is 1. The summed E-state index contributed by atoms with van der Waals surface area (Å²) in [7, 11) is 0. The van der Waals surface area contributed by atoms with E-state index in [-0.39, 0.29) is 0 Å². The zero-order valence-electron chi connectivity index (χ0n) is 11.7. The maximum atomic E-state index is 11.1. The fourth-order valence-electron chi connectivity index (χ4n) is 2.08. The maximum Gasteiger partial charge on any atom is 0.248 e. The number of fused-ring (bicyclic) bond motifs is 1. The minimum Gasteiger partial charge on any atom is -0.459 e. The predicted molar refractivity (Wildman–Crippen MR) is 77.4 cm³/mol. The summed E-state index contributed by atoms with van der Waals surface area (Å²) in [4.78, 5) is 11.1. The fourth-order valence-corrected chi connectivity index (χ4v) is 2.08. The van der Waals surface area contributed by atoms with Gasteiger partial charge in [-0.2, -0.15) is 0 Å². The lowest BCUT2D eigenvalue weighted by molar-refractivity contribution is 0.0999. The minimum atomic E-state index is -0.684. The van der Waals surface area contributed by atoms with Gasteiger partial charge in [0, 0.05) is 12.0 Å². The number of amides is 1. The molecule has 0 aliphatic carbocycles. The van der Waals surface area contributed by atoms with Crippen molar-refractivity contribution in [3.05, 3.63) is 52.8 Å². The van der Waals surface area contributed by atoms with Crippen molar-refractivity contribution in [3.63, 3.8) is 0 Å². The third-order valence-electron chi connectivity index (χ3n) is 3.16. The molecule has 1 amide bonds. The SMILES string of the molecule is CC(C)=CC/C=C1/Oc2ccc(C(N)=O)cc2C[C@@H]1O. The zero-order valence-corrected chi connectivity index (χ0v) is 11.7. The van der Waals surface area contributed by atoms with E-state index in [4.69, 9.17) is 10.5 Å². The van der Waals surface area contributed by atoms with Gasteiger partial charge in [0.25, 0.3) is 0 Å². The Hall–Kier alpha value is -2.07. The molecule has 3 N–H and O–H groups in total. The van der Waals surface area contributed by atoms with Gasteiger partial charge in [-0.05, 0) is 50.1 Å². The van der Waals surface area contributed by atoms with Crippen molar-refractivity contribution in [2.24, 2.45) is 5.73 Å². The summed E-state index contributed by atoms with van der Waals surface area (Å²) < 4.78 is 5.69. The third kappa shape index (κ3) is 3.27. The molecule has 1 aliphatic heterocycles. The monoisotopic (exact) mass is 273 g/mol. The van der Waals surface area contributed by atoms with Crippen molar-refractivity contribution < 1.29 is 14.6 Å². The van der Waals surface area contributed by atoms with Gasteiger partial charge in [0.1, 0.15) is 17.6 Å². The molecular formula is C16H19NO3. The number of aliphatic hydroxyl groups is 1. The predicted octanol–water partition coefficient (Wildman–Crippen LogP) is 2.32. The van der Waals surface area contributed by atoms with Crippen LogP contribution >= 0.6 is 0 Å². The molecule has 0 bridgehead atoms. The third-order valence-corrected chi connectivity index (χ3v) is 3.16.